The van der Waals surface area contributed by atoms with E-state index in [9.17, 15) is 4.79 Å². The molecule has 25 heavy (non-hydrogen) atoms. The third-order valence-corrected chi connectivity index (χ3v) is 5.90. The number of nitrogens with zero attached hydrogens (tertiary/aromatic N) is 4. The zero-order valence-corrected chi connectivity index (χ0v) is 15.3. The Morgan fingerprint density at radius 1 is 1.52 bits per heavy atom. The second kappa shape index (κ2) is 6.51. The molecule has 1 unspecified atom stereocenters. The normalized spacial score (nSPS) is 21.7. The maximum atomic E-state index is 12.5. The second-order valence-electron chi connectivity index (χ2n) is 6.77. The number of likely N-dealkylation sites (tertiary alicyclic amines) is 1. The number of aromatic nitrogens is 3. The molecule has 0 saturated carbocycles. The number of ether oxygens (including phenoxy) is 2. The SMILES string of the molecule is Cc1nc(COCC2CCOC23CN(C(=O)c2ccnn2C)C3)cs1. The molecule has 0 N–H and O–H groups in total. The minimum atomic E-state index is -0.244. The molecule has 134 valence electrons. The van der Waals surface area contributed by atoms with Gasteiger partial charge in [-0.05, 0) is 19.4 Å². The lowest BCUT2D eigenvalue weighted by atomic mass is 9.81. The first-order chi connectivity index (χ1) is 12.1. The van der Waals surface area contributed by atoms with E-state index in [2.05, 4.69) is 10.1 Å². The monoisotopic (exact) mass is 362 g/mol. The molecule has 2 saturated heterocycles. The van der Waals surface area contributed by atoms with Gasteiger partial charge in [-0.15, -0.1) is 11.3 Å². The van der Waals surface area contributed by atoms with Crippen molar-refractivity contribution >= 4 is 17.2 Å². The van der Waals surface area contributed by atoms with Gasteiger partial charge in [0.05, 0.1) is 37.0 Å². The maximum Gasteiger partial charge on any atom is 0.272 e. The smallest absolute Gasteiger partial charge is 0.272 e. The van der Waals surface area contributed by atoms with E-state index in [1.807, 2.05) is 17.2 Å². The highest BCUT2D eigenvalue weighted by atomic mass is 32.1. The molecule has 1 spiro atoms. The van der Waals surface area contributed by atoms with Gasteiger partial charge >= 0.3 is 0 Å². The Morgan fingerprint density at radius 2 is 2.36 bits per heavy atom. The fraction of sp³-hybridized carbons (Fsp3) is 0.588. The highest BCUT2D eigenvalue weighted by molar-refractivity contribution is 7.09. The first-order valence-corrected chi connectivity index (χ1v) is 9.35. The van der Waals surface area contributed by atoms with Gasteiger partial charge in [-0.2, -0.15) is 5.10 Å². The van der Waals surface area contributed by atoms with Crippen molar-refractivity contribution in [3.63, 3.8) is 0 Å². The number of thiazole rings is 1. The highest BCUT2D eigenvalue weighted by Gasteiger charge is 2.54. The Bertz CT molecular complexity index is 766. The van der Waals surface area contributed by atoms with Crippen LogP contribution in [0.5, 0.6) is 0 Å². The largest absolute Gasteiger partial charge is 0.375 e. The summed E-state index contributed by atoms with van der Waals surface area (Å²) in [5.74, 6) is 0.335. The fourth-order valence-corrected chi connectivity index (χ4v) is 4.24. The molecule has 2 fully saturated rings. The van der Waals surface area contributed by atoms with E-state index >= 15 is 0 Å². The van der Waals surface area contributed by atoms with Gasteiger partial charge in [-0.3, -0.25) is 9.48 Å². The van der Waals surface area contributed by atoms with Gasteiger partial charge in [0.2, 0.25) is 0 Å². The van der Waals surface area contributed by atoms with Crippen LogP contribution in [-0.4, -0.2) is 57.5 Å². The summed E-state index contributed by atoms with van der Waals surface area (Å²) in [4.78, 5) is 18.8. The standard InChI is InChI=1S/C17H22N4O3S/c1-12-19-14(9-25-12)8-23-7-13-4-6-24-17(13)10-21(11-17)16(22)15-3-5-18-20(15)2/h3,5,9,13H,4,6-8,10-11H2,1-2H3. The highest BCUT2D eigenvalue weighted by Crippen LogP contribution is 2.40. The summed E-state index contributed by atoms with van der Waals surface area (Å²) in [5, 5.41) is 7.16. The Balaban J connectivity index is 1.31. The Hall–Kier alpha value is -1.77. The number of carbonyl (C=O) groups is 1. The van der Waals surface area contributed by atoms with E-state index in [0.717, 1.165) is 23.7 Å². The van der Waals surface area contributed by atoms with Crippen molar-refractivity contribution in [2.45, 2.75) is 25.6 Å². The van der Waals surface area contributed by atoms with Gasteiger partial charge in [-0.1, -0.05) is 0 Å². The molecule has 1 atom stereocenters. The van der Waals surface area contributed by atoms with Crippen LogP contribution in [0, 0.1) is 12.8 Å². The molecule has 0 aromatic carbocycles. The first-order valence-electron chi connectivity index (χ1n) is 8.47. The molecule has 2 aliphatic heterocycles. The lowest BCUT2D eigenvalue weighted by molar-refractivity contribution is -0.129. The predicted octanol–water partition coefficient (Wildman–Crippen LogP) is 1.63. The Labute approximate surface area is 150 Å². The quantitative estimate of drug-likeness (QED) is 0.809. The number of hydrogen-bond acceptors (Lipinski definition) is 6. The van der Waals surface area contributed by atoms with Crippen LogP contribution in [0.1, 0.15) is 27.6 Å². The van der Waals surface area contributed by atoms with E-state index in [1.165, 1.54) is 0 Å². The van der Waals surface area contributed by atoms with Crippen LogP contribution in [0.4, 0.5) is 0 Å². The van der Waals surface area contributed by atoms with Crippen molar-refractivity contribution in [3.05, 3.63) is 34.0 Å². The van der Waals surface area contributed by atoms with Gasteiger partial charge in [0, 0.05) is 31.1 Å². The van der Waals surface area contributed by atoms with E-state index in [-0.39, 0.29) is 11.5 Å². The molecule has 7 nitrogen and oxygen atoms in total. The molecule has 0 aliphatic carbocycles. The van der Waals surface area contributed by atoms with Crippen LogP contribution in [-0.2, 0) is 23.1 Å². The summed E-state index contributed by atoms with van der Waals surface area (Å²) < 4.78 is 13.5. The van der Waals surface area contributed by atoms with Crippen molar-refractivity contribution in [3.8, 4) is 0 Å². The molecule has 2 aromatic heterocycles. The Kier molecular flexibility index (Phi) is 4.35. The predicted molar refractivity (Wildman–Crippen MR) is 92.4 cm³/mol. The lowest BCUT2D eigenvalue weighted by Gasteiger charge is -2.50. The fourth-order valence-electron chi connectivity index (χ4n) is 3.64. The molecular formula is C17H22N4O3S. The molecule has 4 rings (SSSR count). The van der Waals surface area contributed by atoms with Gasteiger partial charge in [-0.25, -0.2) is 4.98 Å². The van der Waals surface area contributed by atoms with Crippen molar-refractivity contribution in [2.24, 2.45) is 13.0 Å². The van der Waals surface area contributed by atoms with Crippen molar-refractivity contribution in [1.29, 1.82) is 0 Å². The van der Waals surface area contributed by atoms with Gasteiger partial charge in [0.1, 0.15) is 11.3 Å². The third-order valence-electron chi connectivity index (χ3n) is 5.08. The van der Waals surface area contributed by atoms with E-state index < -0.39 is 0 Å². The number of amides is 1. The summed E-state index contributed by atoms with van der Waals surface area (Å²) >= 11 is 1.64. The molecular weight excluding hydrogens is 340 g/mol. The minimum absolute atomic E-state index is 0.0127. The van der Waals surface area contributed by atoms with Crippen molar-refractivity contribution in [2.75, 3.05) is 26.3 Å². The molecule has 2 aliphatic rings. The lowest BCUT2D eigenvalue weighted by Crippen LogP contribution is -2.66. The second-order valence-corrected chi connectivity index (χ2v) is 7.84. The topological polar surface area (TPSA) is 69.5 Å². The van der Waals surface area contributed by atoms with Crippen LogP contribution in [0.15, 0.2) is 17.6 Å². The van der Waals surface area contributed by atoms with E-state index in [1.54, 1.807) is 35.3 Å². The summed E-state index contributed by atoms with van der Waals surface area (Å²) in [7, 11) is 1.78. The summed E-state index contributed by atoms with van der Waals surface area (Å²) in [6.45, 7) is 5.16. The molecule has 1 amide bonds. The zero-order valence-electron chi connectivity index (χ0n) is 14.5. The van der Waals surface area contributed by atoms with Crippen LogP contribution < -0.4 is 0 Å². The number of aryl methyl sites for hydroxylation is 2. The van der Waals surface area contributed by atoms with E-state index in [4.69, 9.17) is 9.47 Å². The van der Waals surface area contributed by atoms with E-state index in [0.29, 0.717) is 37.9 Å². The third kappa shape index (κ3) is 3.09. The first kappa shape index (κ1) is 16.7. The van der Waals surface area contributed by atoms with Crippen molar-refractivity contribution in [1.82, 2.24) is 19.7 Å². The number of rotatable bonds is 5. The molecule has 0 bridgehead atoms. The Morgan fingerprint density at radius 3 is 3.04 bits per heavy atom. The van der Waals surface area contributed by atoms with Crippen LogP contribution >= 0.6 is 11.3 Å². The number of carbonyl (C=O) groups excluding carboxylic acids is 1. The molecule has 2 aromatic rings. The minimum Gasteiger partial charge on any atom is -0.375 e. The van der Waals surface area contributed by atoms with Crippen LogP contribution in [0.2, 0.25) is 0 Å². The van der Waals surface area contributed by atoms with Gasteiger partial charge in [0.25, 0.3) is 5.91 Å². The molecule has 4 heterocycles. The zero-order chi connectivity index (χ0) is 17.4. The average Bonchev–Trinajstić information content (AvgIpc) is 3.25. The average molecular weight is 362 g/mol. The van der Waals surface area contributed by atoms with Gasteiger partial charge < -0.3 is 14.4 Å². The molecule has 0 radical (unpaired) electrons. The summed E-state index contributed by atoms with van der Waals surface area (Å²) in [5.41, 5.74) is 1.35. The van der Waals surface area contributed by atoms with Gasteiger partial charge in [0.15, 0.2) is 0 Å². The summed E-state index contributed by atoms with van der Waals surface area (Å²) in [6, 6.07) is 1.75. The number of hydrogen-bond donors (Lipinski definition) is 0. The summed E-state index contributed by atoms with van der Waals surface area (Å²) in [6.07, 6.45) is 2.62. The molecule has 8 heteroatoms. The van der Waals surface area contributed by atoms with Crippen LogP contribution in [0.3, 0.4) is 0 Å². The van der Waals surface area contributed by atoms with Crippen molar-refractivity contribution < 1.29 is 14.3 Å². The maximum absolute atomic E-state index is 12.5. The van der Waals surface area contributed by atoms with Crippen LogP contribution in [0.25, 0.3) is 0 Å².